The molecule has 0 unspecified atom stereocenters. The molecule has 1 N–H and O–H groups in total. The summed E-state index contributed by atoms with van der Waals surface area (Å²) in [7, 11) is 0.961. The summed E-state index contributed by atoms with van der Waals surface area (Å²) >= 11 is 7.80. The van der Waals surface area contributed by atoms with Crippen LogP contribution in [0.15, 0.2) is 23.8 Å². The van der Waals surface area contributed by atoms with Gasteiger partial charge in [0.1, 0.15) is 5.65 Å². The molecule has 24 heavy (non-hydrogen) atoms. The summed E-state index contributed by atoms with van der Waals surface area (Å²) in [6.07, 6.45) is 3.59. The molecular weight excluding hydrogens is 358 g/mol. The first-order valence-electron chi connectivity index (χ1n) is 7.85. The number of rotatable bonds is 4. The number of nitrogens with one attached hydrogen (secondary N) is 1. The van der Waals surface area contributed by atoms with Crippen molar-refractivity contribution in [1.29, 1.82) is 0 Å². The molecule has 0 aliphatic rings. The summed E-state index contributed by atoms with van der Waals surface area (Å²) in [6, 6.07) is 3.07. The Bertz CT molecular complexity index is 795. The lowest BCUT2D eigenvalue weighted by atomic mass is 10.2. The summed E-state index contributed by atoms with van der Waals surface area (Å²) in [5.41, 5.74) is 2.76. The molecule has 0 fully saturated rings. The number of aromatic amines is 1. The summed E-state index contributed by atoms with van der Waals surface area (Å²) in [5, 5.41) is 4.71. The monoisotopic (exact) mass is 381 g/mol. The van der Waals surface area contributed by atoms with Crippen molar-refractivity contribution >= 4 is 42.0 Å². The van der Waals surface area contributed by atoms with Crippen LogP contribution in [-0.2, 0) is 4.74 Å². The first-order chi connectivity index (χ1) is 11.3. The fourth-order valence-electron chi connectivity index (χ4n) is 2.11. The number of hydrogen-bond donors (Lipinski definition) is 1. The van der Waals surface area contributed by atoms with Crippen LogP contribution < -0.4 is 0 Å². The molecule has 4 nitrogen and oxygen atoms in total. The van der Waals surface area contributed by atoms with E-state index < -0.39 is 8.07 Å². The fourth-order valence-corrected chi connectivity index (χ4v) is 3.79. The Balaban J connectivity index is 0.000000224. The van der Waals surface area contributed by atoms with E-state index in [9.17, 15) is 0 Å². The van der Waals surface area contributed by atoms with Crippen LogP contribution in [0.1, 0.15) is 5.01 Å². The van der Waals surface area contributed by atoms with Crippen molar-refractivity contribution in [2.75, 3.05) is 13.7 Å². The molecule has 0 spiro atoms. The van der Waals surface area contributed by atoms with Crippen LogP contribution in [-0.4, -0.2) is 36.7 Å². The average molecular weight is 382 g/mol. The smallest absolute Gasteiger partial charge is 0.139 e. The maximum atomic E-state index is 6.18. The lowest BCUT2D eigenvalue weighted by molar-refractivity contribution is 0.214. The number of aromatic nitrogens is 3. The highest BCUT2D eigenvalue weighted by atomic mass is 35.5. The molecule has 3 rings (SSSR count). The van der Waals surface area contributed by atoms with Gasteiger partial charge in [-0.2, -0.15) is 0 Å². The number of nitrogens with zero attached hydrogens (tertiary/aromatic N) is 2. The minimum absolute atomic E-state index is 0.701. The number of pyridine rings is 1. The van der Waals surface area contributed by atoms with Crippen LogP contribution in [0.3, 0.4) is 0 Å². The SMILES string of the molecule is COCC[Si](C)(C)C.Cc1nc(-c2c[nH]c3nccc(Cl)c23)cs1. The summed E-state index contributed by atoms with van der Waals surface area (Å²) in [6.45, 7) is 9.99. The van der Waals surface area contributed by atoms with Crippen LogP contribution >= 0.6 is 22.9 Å². The van der Waals surface area contributed by atoms with Crippen molar-refractivity contribution in [2.24, 2.45) is 0 Å². The molecule has 0 radical (unpaired) electrons. The standard InChI is InChI=1S/C11H8ClN3S.C6H16OSi/c1-6-15-9(5-16-6)7-4-14-11-10(7)8(12)2-3-13-11;1-7-5-6-8(2,3)4/h2-5H,1H3,(H,13,14);5-6H2,1-4H3. The third-order valence-electron chi connectivity index (χ3n) is 3.47. The van der Waals surface area contributed by atoms with E-state index in [4.69, 9.17) is 16.3 Å². The highest BCUT2D eigenvalue weighted by molar-refractivity contribution is 7.09. The van der Waals surface area contributed by atoms with Gasteiger partial charge < -0.3 is 9.72 Å². The van der Waals surface area contributed by atoms with Crippen molar-refractivity contribution in [3.8, 4) is 11.3 Å². The van der Waals surface area contributed by atoms with Crippen LogP contribution in [0.2, 0.25) is 30.7 Å². The van der Waals surface area contributed by atoms with Crippen molar-refractivity contribution in [3.63, 3.8) is 0 Å². The minimum atomic E-state index is -0.803. The van der Waals surface area contributed by atoms with Gasteiger partial charge in [-0.25, -0.2) is 9.97 Å². The van der Waals surface area contributed by atoms with E-state index in [1.807, 2.05) is 18.5 Å². The zero-order valence-electron chi connectivity index (χ0n) is 14.8. The maximum Gasteiger partial charge on any atom is 0.139 e. The van der Waals surface area contributed by atoms with Gasteiger partial charge in [-0.1, -0.05) is 31.2 Å². The molecule has 3 heterocycles. The van der Waals surface area contributed by atoms with Gasteiger partial charge in [0.25, 0.3) is 0 Å². The molecule has 0 amide bonds. The lowest BCUT2D eigenvalue weighted by Gasteiger charge is -2.13. The molecule has 3 aromatic heterocycles. The Hall–Kier alpha value is -1.21. The van der Waals surface area contributed by atoms with Crippen LogP contribution in [0.5, 0.6) is 0 Å². The molecule has 7 heteroatoms. The topological polar surface area (TPSA) is 50.8 Å². The van der Waals surface area contributed by atoms with Crippen LogP contribution in [0.4, 0.5) is 0 Å². The van der Waals surface area contributed by atoms with E-state index >= 15 is 0 Å². The van der Waals surface area contributed by atoms with E-state index in [0.717, 1.165) is 33.9 Å². The summed E-state index contributed by atoms with van der Waals surface area (Å²) < 4.78 is 4.95. The van der Waals surface area contributed by atoms with Crippen molar-refractivity contribution < 1.29 is 4.74 Å². The van der Waals surface area contributed by atoms with Crippen molar-refractivity contribution in [1.82, 2.24) is 15.0 Å². The minimum Gasteiger partial charge on any atom is -0.385 e. The first kappa shape index (κ1) is 19.1. The number of aryl methyl sites for hydroxylation is 1. The van der Waals surface area contributed by atoms with Gasteiger partial charge in [-0.05, 0) is 19.0 Å². The predicted molar refractivity (Wildman–Crippen MR) is 107 cm³/mol. The molecule has 0 aliphatic carbocycles. The highest BCUT2D eigenvalue weighted by Crippen LogP contribution is 2.32. The predicted octanol–water partition coefficient (Wildman–Crippen LogP) is 5.62. The second kappa shape index (κ2) is 8.25. The first-order valence-corrected chi connectivity index (χ1v) is 12.8. The summed E-state index contributed by atoms with van der Waals surface area (Å²) in [5.74, 6) is 0. The normalized spacial score (nSPS) is 11.4. The van der Waals surface area contributed by atoms with Gasteiger partial charge in [0.15, 0.2) is 0 Å². The highest BCUT2D eigenvalue weighted by Gasteiger charge is 2.12. The number of methoxy groups -OCH3 is 1. The fraction of sp³-hybridized carbons (Fsp3) is 0.412. The zero-order valence-corrected chi connectivity index (χ0v) is 17.4. The molecule has 0 aliphatic heterocycles. The number of H-pyrrole nitrogens is 1. The van der Waals surface area contributed by atoms with Gasteiger partial charge in [-0.15, -0.1) is 11.3 Å². The van der Waals surface area contributed by atoms with Crippen LogP contribution in [0, 0.1) is 6.92 Å². The Labute approximate surface area is 153 Å². The van der Waals surface area contributed by atoms with Crippen LogP contribution in [0.25, 0.3) is 22.3 Å². The van der Waals surface area contributed by atoms with E-state index in [2.05, 4.69) is 34.6 Å². The third-order valence-corrected chi connectivity index (χ3v) is 6.27. The zero-order chi connectivity index (χ0) is 17.7. The van der Waals surface area contributed by atoms with E-state index in [-0.39, 0.29) is 0 Å². The Morgan fingerprint density at radius 3 is 2.62 bits per heavy atom. The van der Waals surface area contributed by atoms with E-state index in [1.165, 1.54) is 6.04 Å². The second-order valence-electron chi connectivity index (χ2n) is 6.77. The molecule has 3 aromatic rings. The Kier molecular flexibility index (Phi) is 6.57. The quantitative estimate of drug-likeness (QED) is 0.596. The maximum absolute atomic E-state index is 6.18. The van der Waals surface area contributed by atoms with Crippen molar-refractivity contribution in [2.45, 2.75) is 32.6 Å². The average Bonchev–Trinajstić information content (AvgIpc) is 3.12. The van der Waals surface area contributed by atoms with Gasteiger partial charge in [-0.3, -0.25) is 0 Å². The molecule has 0 atom stereocenters. The Morgan fingerprint density at radius 1 is 1.33 bits per heavy atom. The van der Waals surface area contributed by atoms with Crippen molar-refractivity contribution in [3.05, 3.63) is 33.9 Å². The van der Waals surface area contributed by atoms with Gasteiger partial charge in [0.2, 0.25) is 0 Å². The van der Waals surface area contributed by atoms with Gasteiger partial charge >= 0.3 is 0 Å². The molecule has 130 valence electrons. The third kappa shape index (κ3) is 5.14. The number of halogens is 1. The molecule has 0 saturated carbocycles. The van der Waals surface area contributed by atoms with Gasteiger partial charge in [0, 0.05) is 50.5 Å². The van der Waals surface area contributed by atoms with E-state index in [1.54, 1.807) is 30.7 Å². The van der Waals surface area contributed by atoms with E-state index in [0.29, 0.717) is 5.02 Å². The lowest BCUT2D eigenvalue weighted by Crippen LogP contribution is -2.21. The Morgan fingerprint density at radius 2 is 2.08 bits per heavy atom. The molecular formula is C17H24ClN3OSSi. The molecule has 0 aromatic carbocycles. The number of thiazole rings is 1. The van der Waals surface area contributed by atoms with Gasteiger partial charge in [0.05, 0.1) is 15.7 Å². The number of fused-ring (bicyclic) bond motifs is 1. The molecule has 0 bridgehead atoms. The largest absolute Gasteiger partial charge is 0.385 e. The second-order valence-corrected chi connectivity index (χ2v) is 13.9. The number of ether oxygens (including phenoxy) is 1. The summed E-state index contributed by atoms with van der Waals surface area (Å²) in [4.78, 5) is 11.8. The number of hydrogen-bond acceptors (Lipinski definition) is 4. The molecule has 0 saturated heterocycles.